The fourth-order valence-electron chi connectivity index (χ4n) is 2.14. The molecule has 3 aromatic heterocycles. The SMILES string of the molecule is CCn1nccc1-c1nc2cc(C)ccn2c1N. The Kier molecular flexibility index (Phi) is 2.33. The van der Waals surface area contributed by atoms with Gasteiger partial charge in [0, 0.05) is 18.9 Å². The second kappa shape index (κ2) is 3.87. The number of aryl methyl sites for hydroxylation is 2. The number of pyridine rings is 1. The van der Waals surface area contributed by atoms with Gasteiger partial charge in [-0.1, -0.05) is 0 Å². The van der Waals surface area contributed by atoms with Crippen molar-refractivity contribution in [2.75, 3.05) is 5.73 Å². The van der Waals surface area contributed by atoms with Crippen molar-refractivity contribution in [3.63, 3.8) is 0 Å². The van der Waals surface area contributed by atoms with Gasteiger partial charge in [0.25, 0.3) is 0 Å². The largest absolute Gasteiger partial charge is 0.383 e. The van der Waals surface area contributed by atoms with E-state index in [1.165, 1.54) is 5.56 Å². The predicted molar refractivity (Wildman–Crippen MR) is 71.2 cm³/mol. The minimum absolute atomic E-state index is 0.653. The summed E-state index contributed by atoms with van der Waals surface area (Å²) in [6.07, 6.45) is 3.72. The van der Waals surface area contributed by atoms with Crippen LogP contribution in [0.3, 0.4) is 0 Å². The molecule has 0 fully saturated rings. The van der Waals surface area contributed by atoms with Crippen LogP contribution in [-0.4, -0.2) is 19.2 Å². The summed E-state index contributed by atoms with van der Waals surface area (Å²) in [5, 5.41) is 4.25. The van der Waals surface area contributed by atoms with Gasteiger partial charge >= 0.3 is 0 Å². The third-order valence-corrected chi connectivity index (χ3v) is 3.08. The van der Waals surface area contributed by atoms with E-state index < -0.39 is 0 Å². The second-order valence-electron chi connectivity index (χ2n) is 4.31. The predicted octanol–water partition coefficient (Wildman–Crippen LogP) is 2.11. The Balaban J connectivity index is 2.27. The zero-order valence-electron chi connectivity index (χ0n) is 10.5. The van der Waals surface area contributed by atoms with Gasteiger partial charge < -0.3 is 5.73 Å². The number of hydrogen-bond donors (Lipinski definition) is 1. The lowest BCUT2D eigenvalue weighted by Gasteiger charge is -2.02. The number of rotatable bonds is 2. The zero-order chi connectivity index (χ0) is 12.7. The van der Waals surface area contributed by atoms with Crippen LogP contribution >= 0.6 is 0 Å². The van der Waals surface area contributed by atoms with Crippen LogP contribution < -0.4 is 5.73 Å². The van der Waals surface area contributed by atoms with Crippen molar-refractivity contribution in [3.05, 3.63) is 36.2 Å². The summed E-state index contributed by atoms with van der Waals surface area (Å²) in [7, 11) is 0. The third-order valence-electron chi connectivity index (χ3n) is 3.08. The molecule has 5 nitrogen and oxygen atoms in total. The summed E-state index contributed by atoms with van der Waals surface area (Å²) in [5.74, 6) is 0.653. The average molecular weight is 241 g/mol. The molecule has 3 heterocycles. The van der Waals surface area contributed by atoms with Crippen LogP contribution in [0.15, 0.2) is 30.6 Å². The number of aromatic nitrogens is 4. The number of hydrogen-bond acceptors (Lipinski definition) is 3. The highest BCUT2D eigenvalue weighted by Crippen LogP contribution is 2.26. The molecule has 18 heavy (non-hydrogen) atoms. The van der Waals surface area contributed by atoms with E-state index >= 15 is 0 Å². The van der Waals surface area contributed by atoms with Gasteiger partial charge in [0.2, 0.25) is 0 Å². The van der Waals surface area contributed by atoms with Crippen molar-refractivity contribution in [3.8, 4) is 11.4 Å². The molecule has 0 saturated heterocycles. The summed E-state index contributed by atoms with van der Waals surface area (Å²) in [5.41, 5.74) is 9.95. The quantitative estimate of drug-likeness (QED) is 0.747. The molecule has 0 aliphatic rings. The highest BCUT2D eigenvalue weighted by atomic mass is 15.3. The second-order valence-corrected chi connectivity index (χ2v) is 4.31. The maximum Gasteiger partial charge on any atom is 0.139 e. The standard InChI is InChI=1S/C13H15N5/c1-3-18-10(4-6-15-18)12-13(14)17-7-5-9(2)8-11(17)16-12/h4-8H,3,14H2,1-2H3. The minimum atomic E-state index is 0.653. The lowest BCUT2D eigenvalue weighted by molar-refractivity contribution is 0.666. The fraction of sp³-hybridized carbons (Fsp3) is 0.231. The molecule has 2 N–H and O–H groups in total. The van der Waals surface area contributed by atoms with Gasteiger partial charge in [-0.05, 0) is 37.6 Å². The van der Waals surface area contributed by atoms with E-state index in [-0.39, 0.29) is 0 Å². The lowest BCUT2D eigenvalue weighted by Crippen LogP contribution is -2.01. The number of fused-ring (bicyclic) bond motifs is 1. The van der Waals surface area contributed by atoms with Crippen molar-refractivity contribution in [1.82, 2.24) is 19.2 Å². The smallest absolute Gasteiger partial charge is 0.139 e. The van der Waals surface area contributed by atoms with Crippen LogP contribution in [0.1, 0.15) is 12.5 Å². The Morgan fingerprint density at radius 3 is 2.94 bits per heavy atom. The molecule has 0 bridgehead atoms. The maximum atomic E-state index is 6.16. The zero-order valence-corrected chi connectivity index (χ0v) is 10.5. The Morgan fingerprint density at radius 2 is 2.17 bits per heavy atom. The van der Waals surface area contributed by atoms with Crippen LogP contribution in [0, 0.1) is 6.92 Å². The van der Waals surface area contributed by atoms with E-state index in [9.17, 15) is 0 Å². The van der Waals surface area contributed by atoms with Gasteiger partial charge in [0.05, 0.1) is 5.69 Å². The van der Waals surface area contributed by atoms with Crippen LogP contribution in [0.25, 0.3) is 17.0 Å². The van der Waals surface area contributed by atoms with Crippen molar-refractivity contribution < 1.29 is 0 Å². The molecule has 0 aliphatic heterocycles. The van der Waals surface area contributed by atoms with Crippen LogP contribution in [0.4, 0.5) is 5.82 Å². The first-order chi connectivity index (χ1) is 8.70. The van der Waals surface area contributed by atoms with Crippen molar-refractivity contribution in [2.24, 2.45) is 0 Å². The molecule has 3 aromatic rings. The summed E-state index contributed by atoms with van der Waals surface area (Å²) in [4.78, 5) is 4.60. The molecule has 0 aromatic carbocycles. The highest BCUT2D eigenvalue weighted by molar-refractivity contribution is 5.72. The Labute approximate surface area is 105 Å². The molecule has 0 spiro atoms. The summed E-state index contributed by atoms with van der Waals surface area (Å²) >= 11 is 0. The Hall–Kier alpha value is -2.30. The van der Waals surface area contributed by atoms with E-state index in [0.717, 1.165) is 23.6 Å². The fourth-order valence-corrected chi connectivity index (χ4v) is 2.14. The topological polar surface area (TPSA) is 61.1 Å². The van der Waals surface area contributed by atoms with E-state index in [2.05, 4.69) is 10.1 Å². The summed E-state index contributed by atoms with van der Waals surface area (Å²) < 4.78 is 3.79. The molecule has 0 radical (unpaired) electrons. The molecule has 92 valence electrons. The molecular weight excluding hydrogens is 226 g/mol. The monoisotopic (exact) mass is 241 g/mol. The Morgan fingerprint density at radius 1 is 1.33 bits per heavy atom. The van der Waals surface area contributed by atoms with Gasteiger partial charge in [-0.2, -0.15) is 5.10 Å². The first-order valence-electron chi connectivity index (χ1n) is 5.97. The van der Waals surface area contributed by atoms with Crippen molar-refractivity contribution in [2.45, 2.75) is 20.4 Å². The van der Waals surface area contributed by atoms with Crippen LogP contribution in [0.5, 0.6) is 0 Å². The van der Waals surface area contributed by atoms with E-state index in [1.807, 2.05) is 47.3 Å². The van der Waals surface area contributed by atoms with Gasteiger partial charge in [0.15, 0.2) is 0 Å². The van der Waals surface area contributed by atoms with E-state index in [4.69, 9.17) is 5.73 Å². The maximum absolute atomic E-state index is 6.16. The molecule has 0 atom stereocenters. The molecule has 3 rings (SSSR count). The molecule has 0 aliphatic carbocycles. The number of nitrogens with two attached hydrogens (primary N) is 1. The van der Waals surface area contributed by atoms with Gasteiger partial charge in [0.1, 0.15) is 17.2 Å². The minimum Gasteiger partial charge on any atom is -0.383 e. The lowest BCUT2D eigenvalue weighted by atomic mass is 10.3. The average Bonchev–Trinajstić information content (AvgIpc) is 2.93. The van der Waals surface area contributed by atoms with Crippen LogP contribution in [-0.2, 0) is 6.54 Å². The summed E-state index contributed by atoms with van der Waals surface area (Å²) in [6.45, 7) is 4.89. The normalized spacial score (nSPS) is 11.2. The van der Waals surface area contributed by atoms with Crippen molar-refractivity contribution >= 4 is 11.5 Å². The van der Waals surface area contributed by atoms with Gasteiger partial charge in [-0.15, -0.1) is 0 Å². The molecule has 0 saturated carbocycles. The number of imidazole rings is 1. The number of nitrogen functional groups attached to an aromatic ring is 1. The molecule has 0 amide bonds. The first-order valence-corrected chi connectivity index (χ1v) is 5.97. The van der Waals surface area contributed by atoms with Gasteiger partial charge in [-0.25, -0.2) is 4.98 Å². The first kappa shape index (κ1) is 10.8. The van der Waals surface area contributed by atoms with E-state index in [0.29, 0.717) is 5.82 Å². The number of nitrogens with zero attached hydrogens (tertiary/aromatic N) is 4. The highest BCUT2D eigenvalue weighted by Gasteiger charge is 2.14. The van der Waals surface area contributed by atoms with Crippen molar-refractivity contribution in [1.29, 1.82) is 0 Å². The van der Waals surface area contributed by atoms with Crippen LogP contribution in [0.2, 0.25) is 0 Å². The summed E-state index contributed by atoms with van der Waals surface area (Å²) in [6, 6.07) is 5.98. The Bertz CT molecular complexity index is 707. The van der Waals surface area contributed by atoms with Gasteiger partial charge in [-0.3, -0.25) is 9.08 Å². The molecule has 0 unspecified atom stereocenters. The molecular formula is C13H15N5. The molecule has 5 heteroatoms. The van der Waals surface area contributed by atoms with E-state index in [1.54, 1.807) is 6.20 Å². The third kappa shape index (κ3) is 1.48. The number of anilines is 1.